The van der Waals surface area contributed by atoms with Crippen molar-refractivity contribution in [1.82, 2.24) is 0 Å². The van der Waals surface area contributed by atoms with Crippen LogP contribution in [0.2, 0.25) is 0 Å². The molecule has 0 aliphatic rings. The number of rotatable bonds is 5. The molecule has 7 heteroatoms. The number of hydrogen-bond acceptors (Lipinski definition) is 4. The van der Waals surface area contributed by atoms with E-state index in [1.807, 2.05) is 36.4 Å². The third kappa shape index (κ3) is 5.45. The van der Waals surface area contributed by atoms with Crippen LogP contribution < -0.4 is 9.83 Å². The highest BCUT2D eigenvalue weighted by Crippen LogP contribution is 2.35. The van der Waals surface area contributed by atoms with Crippen molar-refractivity contribution in [2.24, 2.45) is 0 Å². The Balaban J connectivity index is 0.000000323. The zero-order valence-corrected chi connectivity index (χ0v) is 18.5. The number of hydrogen-bond donors (Lipinski definition) is 1. The number of nitrogens with one attached hydrogen (secondary N) is 1. The minimum absolute atomic E-state index is 0.0283. The maximum Gasteiger partial charge on any atom is 0.378 e. The quantitative estimate of drug-likeness (QED) is 0.364. The number of sulfonamides is 1. The number of anilines is 1. The second kappa shape index (κ2) is 10.3. The Labute approximate surface area is 192 Å². The van der Waals surface area contributed by atoms with Gasteiger partial charge in [0.2, 0.25) is 5.39 Å². The summed E-state index contributed by atoms with van der Waals surface area (Å²) < 4.78 is 27.9. The van der Waals surface area contributed by atoms with Crippen LogP contribution >= 0.6 is 0 Å². The number of fused-ring (bicyclic) bond motifs is 1. The van der Waals surface area contributed by atoms with Gasteiger partial charge in [0.05, 0.1) is 4.90 Å². The van der Waals surface area contributed by atoms with Gasteiger partial charge in [-0.05, 0) is 46.5 Å². The Hall–Kier alpha value is -4.41. The summed E-state index contributed by atoms with van der Waals surface area (Å²) in [5, 5.41) is 21.4. The molecule has 4 aromatic rings. The van der Waals surface area contributed by atoms with Gasteiger partial charge in [-0.25, -0.2) is 8.42 Å². The van der Waals surface area contributed by atoms with Gasteiger partial charge in [-0.1, -0.05) is 79.9 Å². The lowest BCUT2D eigenvalue weighted by Crippen LogP contribution is -2.13. The van der Waals surface area contributed by atoms with E-state index in [4.69, 9.17) is 5.39 Å². The molecule has 0 fully saturated rings. The number of nitrogens with zero attached hydrogens (tertiary/aromatic N) is 2. The van der Waals surface area contributed by atoms with Crippen molar-refractivity contribution in [2.75, 3.05) is 4.72 Å². The van der Waals surface area contributed by atoms with Crippen molar-refractivity contribution >= 4 is 44.3 Å². The molecule has 0 bridgehead atoms. The Kier molecular flexibility index (Phi) is 7.24. The molecule has 0 heterocycles. The molecular formula is C26H21N3O3S. The highest BCUT2D eigenvalue weighted by Gasteiger charge is 2.19. The SMILES string of the molecule is C=Cc1ccc(NS(=O)(=O)c2cccc3c([O-])c([N+]#N)ccc23)cc1.C=Cc1ccccc1. The monoisotopic (exact) mass is 455 g/mol. The van der Waals surface area contributed by atoms with Gasteiger partial charge in [-0.2, -0.15) is 0 Å². The Morgan fingerprint density at radius 1 is 0.788 bits per heavy atom. The van der Waals surface area contributed by atoms with Crippen LogP contribution in [0.25, 0.3) is 27.9 Å². The van der Waals surface area contributed by atoms with Crippen LogP contribution in [-0.4, -0.2) is 8.42 Å². The lowest BCUT2D eigenvalue weighted by molar-refractivity contribution is -0.264. The molecule has 4 aromatic carbocycles. The lowest BCUT2D eigenvalue weighted by atomic mass is 10.1. The minimum Gasteiger partial charge on any atom is -0.867 e. The molecule has 6 nitrogen and oxygen atoms in total. The first-order valence-electron chi connectivity index (χ1n) is 9.90. The van der Waals surface area contributed by atoms with Crippen LogP contribution in [0, 0.1) is 5.39 Å². The van der Waals surface area contributed by atoms with Gasteiger partial charge in [0.25, 0.3) is 10.0 Å². The van der Waals surface area contributed by atoms with E-state index in [9.17, 15) is 13.5 Å². The first-order valence-corrected chi connectivity index (χ1v) is 11.4. The van der Waals surface area contributed by atoms with E-state index in [1.165, 1.54) is 35.9 Å². The smallest absolute Gasteiger partial charge is 0.378 e. The van der Waals surface area contributed by atoms with Crippen molar-refractivity contribution in [3.8, 4) is 5.75 Å². The van der Waals surface area contributed by atoms with Crippen LogP contribution in [0.1, 0.15) is 11.1 Å². The molecule has 0 saturated heterocycles. The molecular weight excluding hydrogens is 434 g/mol. The van der Waals surface area contributed by atoms with Crippen molar-refractivity contribution < 1.29 is 13.5 Å². The van der Waals surface area contributed by atoms with Gasteiger partial charge < -0.3 is 5.11 Å². The fraction of sp³-hybridized carbons (Fsp3) is 0. The molecule has 4 rings (SSSR count). The summed E-state index contributed by atoms with van der Waals surface area (Å²) in [5.74, 6) is -0.535. The zero-order valence-electron chi connectivity index (χ0n) is 17.7. The number of benzene rings is 4. The molecule has 0 unspecified atom stereocenters. The maximum atomic E-state index is 12.7. The first kappa shape index (κ1) is 23.3. The van der Waals surface area contributed by atoms with E-state index < -0.39 is 15.8 Å². The molecule has 0 aromatic heterocycles. The molecule has 1 N–H and O–H groups in total. The highest BCUT2D eigenvalue weighted by atomic mass is 32.2. The summed E-state index contributed by atoms with van der Waals surface area (Å²) in [6.45, 7) is 7.28. The normalized spacial score (nSPS) is 10.4. The predicted octanol–water partition coefficient (Wildman–Crippen LogP) is 6.17. The van der Waals surface area contributed by atoms with Crippen LogP contribution in [-0.2, 0) is 10.0 Å². The fourth-order valence-corrected chi connectivity index (χ4v) is 4.37. The van der Waals surface area contributed by atoms with Gasteiger partial charge in [-0.15, -0.1) is 0 Å². The Morgan fingerprint density at radius 2 is 1.42 bits per heavy atom. The summed E-state index contributed by atoms with van der Waals surface area (Å²) >= 11 is 0. The number of diazo groups is 1. The molecule has 0 saturated carbocycles. The topological polar surface area (TPSA) is 97.4 Å². The molecule has 0 aliphatic heterocycles. The largest absolute Gasteiger partial charge is 0.867 e. The molecule has 0 atom stereocenters. The summed E-state index contributed by atoms with van der Waals surface area (Å²) in [6.07, 6.45) is 3.49. The van der Waals surface area contributed by atoms with Crippen molar-refractivity contribution in [2.45, 2.75) is 4.90 Å². The summed E-state index contributed by atoms with van der Waals surface area (Å²) in [7, 11) is -3.90. The second-order valence-electron chi connectivity index (χ2n) is 6.91. The molecule has 164 valence electrons. The van der Waals surface area contributed by atoms with Gasteiger partial charge in [0.15, 0.2) is 4.98 Å². The van der Waals surface area contributed by atoms with E-state index in [0.717, 1.165) is 5.56 Å². The van der Waals surface area contributed by atoms with Crippen LogP contribution in [0.4, 0.5) is 11.4 Å². The van der Waals surface area contributed by atoms with E-state index in [1.54, 1.807) is 30.3 Å². The molecule has 0 radical (unpaired) electrons. The van der Waals surface area contributed by atoms with Crippen LogP contribution in [0.15, 0.2) is 103 Å². The first-order chi connectivity index (χ1) is 15.9. The Morgan fingerprint density at radius 3 is 2.00 bits per heavy atom. The average molecular weight is 456 g/mol. The summed E-state index contributed by atoms with van der Waals surface area (Å²) in [4.78, 5) is 2.88. The van der Waals surface area contributed by atoms with E-state index in [0.29, 0.717) is 5.69 Å². The Bertz CT molecular complexity index is 1440. The summed E-state index contributed by atoms with van der Waals surface area (Å²) in [5.41, 5.74) is 2.29. The third-order valence-electron chi connectivity index (χ3n) is 4.78. The maximum absolute atomic E-state index is 12.7. The standard InChI is InChI=1S/C18H13N3O3S.C8H8/c1-2-12-6-8-13(9-7-12)21-25(23,24)17-5-3-4-15-14(17)10-11-16(20-19)18(15)22;1-2-8-6-4-3-5-7-8/h2-11,21H,1H2;2-7H,1H2. The van der Waals surface area contributed by atoms with E-state index in [2.05, 4.69) is 22.9 Å². The lowest BCUT2D eigenvalue weighted by Gasteiger charge is -2.13. The van der Waals surface area contributed by atoms with Crippen LogP contribution in [0.3, 0.4) is 0 Å². The van der Waals surface area contributed by atoms with Crippen LogP contribution in [0.5, 0.6) is 5.75 Å². The second-order valence-corrected chi connectivity index (χ2v) is 8.56. The van der Waals surface area contributed by atoms with E-state index >= 15 is 0 Å². The predicted molar refractivity (Wildman–Crippen MR) is 132 cm³/mol. The molecule has 0 aliphatic carbocycles. The zero-order chi connectivity index (χ0) is 23.8. The molecule has 0 spiro atoms. The van der Waals surface area contributed by atoms with E-state index in [-0.39, 0.29) is 21.4 Å². The van der Waals surface area contributed by atoms with Crippen molar-refractivity contribution in [3.63, 3.8) is 0 Å². The highest BCUT2D eigenvalue weighted by molar-refractivity contribution is 7.93. The van der Waals surface area contributed by atoms with Crippen molar-refractivity contribution in [3.05, 3.63) is 114 Å². The minimum atomic E-state index is -3.90. The third-order valence-corrected chi connectivity index (χ3v) is 6.22. The van der Waals surface area contributed by atoms with Gasteiger partial charge in [0, 0.05) is 17.1 Å². The fourth-order valence-electron chi connectivity index (χ4n) is 3.09. The van der Waals surface area contributed by atoms with Gasteiger partial charge in [0.1, 0.15) is 0 Å². The summed E-state index contributed by atoms with van der Waals surface area (Å²) in [6, 6.07) is 23.9. The van der Waals surface area contributed by atoms with Gasteiger partial charge >= 0.3 is 5.69 Å². The molecule has 33 heavy (non-hydrogen) atoms. The molecule has 0 amide bonds. The van der Waals surface area contributed by atoms with Crippen molar-refractivity contribution in [1.29, 1.82) is 5.39 Å². The van der Waals surface area contributed by atoms with Gasteiger partial charge in [-0.3, -0.25) is 4.72 Å². The average Bonchev–Trinajstić information content (AvgIpc) is 2.85.